The summed E-state index contributed by atoms with van der Waals surface area (Å²) in [6, 6.07) is 0.475. The van der Waals surface area contributed by atoms with Crippen LogP contribution in [0.1, 0.15) is 63.3 Å². The number of ether oxygens (including phenoxy) is 1. The molecule has 6 nitrogen and oxygen atoms in total. The fourth-order valence-electron chi connectivity index (χ4n) is 3.06. The van der Waals surface area contributed by atoms with E-state index in [1.54, 1.807) is 0 Å². The van der Waals surface area contributed by atoms with Crippen LogP contribution in [0, 0.1) is 0 Å². The van der Waals surface area contributed by atoms with Crippen LogP contribution in [-0.4, -0.2) is 46.6 Å². The van der Waals surface area contributed by atoms with Crippen LogP contribution in [0.25, 0.3) is 0 Å². The third-order valence-corrected chi connectivity index (χ3v) is 4.43. The zero-order chi connectivity index (χ0) is 14.8. The smallest absolute Gasteiger partial charge is 0.237 e. The van der Waals surface area contributed by atoms with Gasteiger partial charge in [-0.3, -0.25) is 9.69 Å². The quantitative estimate of drug-likeness (QED) is 0.850. The predicted octanol–water partition coefficient (Wildman–Crippen LogP) is 2.08. The van der Waals surface area contributed by atoms with E-state index >= 15 is 0 Å². The maximum Gasteiger partial charge on any atom is 0.237 e. The van der Waals surface area contributed by atoms with Crippen LogP contribution in [-0.2, 0) is 9.53 Å². The molecule has 1 aliphatic carbocycles. The number of aromatic nitrogens is 2. The molecule has 116 valence electrons. The van der Waals surface area contributed by atoms with Gasteiger partial charge in [0, 0.05) is 25.6 Å². The van der Waals surface area contributed by atoms with Crippen LogP contribution < -0.4 is 0 Å². The van der Waals surface area contributed by atoms with Crippen LogP contribution >= 0.6 is 0 Å². The molecular formula is C15H23N3O3. The molecule has 2 unspecified atom stereocenters. The summed E-state index contributed by atoms with van der Waals surface area (Å²) in [7, 11) is 0. The first kappa shape index (κ1) is 14.7. The molecule has 0 aromatic carbocycles. The SMILES string of the molecule is CC(C)N1CCOC(c2noc(C3CCCCC3=O)n2)C1. The first-order chi connectivity index (χ1) is 10.1. The Balaban J connectivity index is 1.71. The molecule has 2 heterocycles. The van der Waals surface area contributed by atoms with Crippen LogP contribution in [0.2, 0.25) is 0 Å². The van der Waals surface area contributed by atoms with E-state index in [1.807, 2.05) is 0 Å². The predicted molar refractivity (Wildman–Crippen MR) is 75.9 cm³/mol. The number of rotatable bonds is 3. The lowest BCUT2D eigenvalue weighted by molar-refractivity contribution is -0.122. The molecular weight excluding hydrogens is 270 g/mol. The Kier molecular flexibility index (Phi) is 4.35. The summed E-state index contributed by atoms with van der Waals surface area (Å²) in [6.45, 7) is 6.72. The van der Waals surface area contributed by atoms with Crippen LogP contribution in [0.15, 0.2) is 4.52 Å². The van der Waals surface area contributed by atoms with Crippen LogP contribution in [0.4, 0.5) is 0 Å². The largest absolute Gasteiger partial charge is 0.367 e. The molecule has 1 saturated carbocycles. The standard InChI is InChI=1S/C15H23N3O3/c1-10(2)18-7-8-20-13(9-18)14-16-15(21-17-14)11-5-3-4-6-12(11)19/h10-11,13H,3-9H2,1-2H3. The number of ketones is 1. The van der Waals surface area contributed by atoms with Crippen molar-refractivity contribution in [2.24, 2.45) is 0 Å². The molecule has 0 spiro atoms. The molecule has 1 saturated heterocycles. The van der Waals surface area contributed by atoms with Gasteiger partial charge in [0.05, 0.1) is 12.5 Å². The molecule has 0 amide bonds. The van der Waals surface area contributed by atoms with Crippen molar-refractivity contribution in [3.05, 3.63) is 11.7 Å². The number of Topliss-reactive ketones (excluding diaryl/α,β-unsaturated/α-hetero) is 1. The molecule has 1 aromatic heterocycles. The number of carbonyl (C=O) groups excluding carboxylic acids is 1. The fraction of sp³-hybridized carbons (Fsp3) is 0.800. The van der Waals surface area contributed by atoms with Crippen molar-refractivity contribution < 1.29 is 14.1 Å². The summed E-state index contributed by atoms with van der Waals surface area (Å²) >= 11 is 0. The molecule has 3 rings (SSSR count). The number of carbonyl (C=O) groups is 1. The summed E-state index contributed by atoms with van der Waals surface area (Å²) in [6.07, 6.45) is 3.33. The van der Waals surface area contributed by atoms with Crippen LogP contribution in [0.5, 0.6) is 0 Å². The summed E-state index contributed by atoms with van der Waals surface area (Å²) in [5.41, 5.74) is 0. The summed E-state index contributed by atoms with van der Waals surface area (Å²) < 4.78 is 11.1. The van der Waals surface area contributed by atoms with E-state index in [9.17, 15) is 4.79 Å². The van der Waals surface area contributed by atoms with E-state index in [-0.39, 0.29) is 17.8 Å². The zero-order valence-corrected chi connectivity index (χ0v) is 12.7. The van der Waals surface area contributed by atoms with Gasteiger partial charge in [0.1, 0.15) is 11.9 Å². The maximum absolute atomic E-state index is 12.0. The fourth-order valence-corrected chi connectivity index (χ4v) is 3.06. The van der Waals surface area contributed by atoms with Crippen LogP contribution in [0.3, 0.4) is 0 Å². The van der Waals surface area contributed by atoms with Gasteiger partial charge >= 0.3 is 0 Å². The van der Waals surface area contributed by atoms with Gasteiger partial charge in [0.2, 0.25) is 11.7 Å². The summed E-state index contributed by atoms with van der Waals surface area (Å²) in [5, 5.41) is 4.05. The molecule has 2 fully saturated rings. The van der Waals surface area contributed by atoms with Gasteiger partial charge in [0.15, 0.2) is 0 Å². The highest BCUT2D eigenvalue weighted by Gasteiger charge is 2.32. The van der Waals surface area contributed by atoms with E-state index in [0.717, 1.165) is 32.4 Å². The third-order valence-electron chi connectivity index (χ3n) is 4.43. The lowest BCUT2D eigenvalue weighted by Crippen LogP contribution is -2.42. The highest BCUT2D eigenvalue weighted by atomic mass is 16.5. The molecule has 2 aliphatic rings. The minimum absolute atomic E-state index is 0.155. The number of nitrogens with zero attached hydrogens (tertiary/aromatic N) is 3. The van der Waals surface area contributed by atoms with E-state index in [1.165, 1.54) is 0 Å². The third kappa shape index (κ3) is 3.16. The Bertz CT molecular complexity index is 500. The van der Waals surface area contributed by atoms with Crippen molar-refractivity contribution in [1.29, 1.82) is 0 Å². The number of morpholine rings is 1. The first-order valence-electron chi connectivity index (χ1n) is 7.87. The Morgan fingerprint density at radius 3 is 2.95 bits per heavy atom. The molecule has 1 aliphatic heterocycles. The van der Waals surface area contributed by atoms with Gasteiger partial charge in [-0.15, -0.1) is 0 Å². The zero-order valence-electron chi connectivity index (χ0n) is 12.7. The van der Waals surface area contributed by atoms with E-state index in [0.29, 0.717) is 30.8 Å². The van der Waals surface area contributed by atoms with Crippen molar-refractivity contribution >= 4 is 5.78 Å². The summed E-state index contributed by atoms with van der Waals surface area (Å²) in [4.78, 5) is 18.7. The van der Waals surface area contributed by atoms with E-state index in [4.69, 9.17) is 9.26 Å². The van der Waals surface area contributed by atoms with Crippen molar-refractivity contribution in [3.63, 3.8) is 0 Å². The summed E-state index contributed by atoms with van der Waals surface area (Å²) in [5.74, 6) is 1.07. The lowest BCUT2D eigenvalue weighted by atomic mass is 9.88. The number of hydrogen-bond acceptors (Lipinski definition) is 6. The number of hydrogen-bond donors (Lipinski definition) is 0. The molecule has 2 atom stereocenters. The van der Waals surface area contributed by atoms with Gasteiger partial charge in [0.25, 0.3) is 0 Å². The van der Waals surface area contributed by atoms with Gasteiger partial charge in [-0.2, -0.15) is 4.98 Å². The van der Waals surface area contributed by atoms with Crippen molar-refractivity contribution in [3.8, 4) is 0 Å². The highest BCUT2D eigenvalue weighted by Crippen LogP contribution is 2.30. The topological polar surface area (TPSA) is 68.5 Å². The average Bonchev–Trinajstić information content (AvgIpc) is 2.97. The van der Waals surface area contributed by atoms with E-state index < -0.39 is 0 Å². The monoisotopic (exact) mass is 293 g/mol. The Labute approximate surface area is 124 Å². The Hall–Kier alpha value is -1.27. The van der Waals surface area contributed by atoms with Crippen molar-refractivity contribution in [2.75, 3.05) is 19.7 Å². The molecule has 21 heavy (non-hydrogen) atoms. The van der Waals surface area contributed by atoms with Crippen molar-refractivity contribution in [1.82, 2.24) is 15.0 Å². The second-order valence-corrected chi connectivity index (χ2v) is 6.20. The molecule has 6 heteroatoms. The normalized spacial score (nSPS) is 28.2. The molecule has 0 N–H and O–H groups in total. The lowest BCUT2D eigenvalue weighted by Gasteiger charge is -2.34. The minimum atomic E-state index is -0.204. The Morgan fingerprint density at radius 1 is 1.33 bits per heavy atom. The maximum atomic E-state index is 12.0. The molecule has 0 radical (unpaired) electrons. The van der Waals surface area contributed by atoms with Gasteiger partial charge in [-0.05, 0) is 26.7 Å². The Morgan fingerprint density at radius 2 is 2.19 bits per heavy atom. The second kappa shape index (κ2) is 6.23. The van der Waals surface area contributed by atoms with Gasteiger partial charge in [-0.25, -0.2) is 0 Å². The highest BCUT2D eigenvalue weighted by molar-refractivity contribution is 5.85. The second-order valence-electron chi connectivity index (χ2n) is 6.20. The first-order valence-corrected chi connectivity index (χ1v) is 7.87. The van der Waals surface area contributed by atoms with Crippen molar-refractivity contribution in [2.45, 2.75) is 57.6 Å². The average molecular weight is 293 g/mol. The molecule has 0 bridgehead atoms. The molecule has 1 aromatic rings. The van der Waals surface area contributed by atoms with Gasteiger partial charge in [-0.1, -0.05) is 11.6 Å². The van der Waals surface area contributed by atoms with E-state index in [2.05, 4.69) is 28.9 Å². The minimum Gasteiger partial charge on any atom is -0.367 e. The van der Waals surface area contributed by atoms with Gasteiger partial charge < -0.3 is 9.26 Å².